The Morgan fingerprint density at radius 1 is 1.60 bits per heavy atom. The summed E-state index contributed by atoms with van der Waals surface area (Å²) in [6.07, 6.45) is -0.809. The molecule has 0 bridgehead atoms. The predicted molar refractivity (Wildman–Crippen MR) is 75.4 cm³/mol. The van der Waals surface area contributed by atoms with E-state index >= 15 is 0 Å². The third-order valence-corrected chi connectivity index (χ3v) is 5.86. The molecule has 0 radical (unpaired) electrons. The quantitative estimate of drug-likeness (QED) is 0.297. The second kappa shape index (κ2) is 5.66. The molecule has 3 N–H and O–H groups in total. The number of carbonyl (C=O) groups excluding carboxylic acids is 1. The average Bonchev–Trinajstić information content (AvgIpc) is 2.69. The first kappa shape index (κ1) is 15.2. The smallest absolute Gasteiger partial charge is 0.354 e. The minimum atomic E-state index is -1.17. The minimum absolute atomic E-state index is 0.0439. The van der Waals surface area contributed by atoms with Gasteiger partial charge in [-0.15, -0.1) is 11.8 Å². The van der Waals surface area contributed by atoms with E-state index in [2.05, 4.69) is 5.16 Å². The number of carbonyl (C=O) groups is 2. The lowest BCUT2D eigenvalue weighted by atomic mass is 9.92. The van der Waals surface area contributed by atoms with Crippen molar-refractivity contribution in [1.82, 2.24) is 4.90 Å². The van der Waals surface area contributed by atoms with Crippen LogP contribution in [0.1, 0.15) is 13.8 Å². The van der Waals surface area contributed by atoms with Gasteiger partial charge < -0.3 is 15.4 Å². The van der Waals surface area contributed by atoms with Gasteiger partial charge in [0.1, 0.15) is 5.37 Å². The van der Waals surface area contributed by atoms with Crippen molar-refractivity contribution in [3.63, 3.8) is 0 Å². The number of thioether (sulfide) groups is 2. The fraction of sp³-hybridized carbons (Fsp3) is 0.545. The van der Waals surface area contributed by atoms with Crippen molar-refractivity contribution in [3.05, 3.63) is 9.93 Å². The molecule has 1 unspecified atom stereocenters. The summed E-state index contributed by atoms with van der Waals surface area (Å²) in [6.45, 7) is 3.14. The van der Waals surface area contributed by atoms with Crippen LogP contribution < -0.4 is 0 Å². The lowest BCUT2D eigenvalue weighted by Crippen LogP contribution is -2.60. The molecule has 0 aromatic rings. The molecule has 2 aliphatic rings. The Balaban J connectivity index is 2.19. The van der Waals surface area contributed by atoms with Gasteiger partial charge in [-0.25, -0.2) is 4.79 Å². The van der Waals surface area contributed by atoms with Gasteiger partial charge in [-0.2, -0.15) is 0 Å². The van der Waals surface area contributed by atoms with Crippen LogP contribution in [0.4, 0.5) is 0 Å². The van der Waals surface area contributed by atoms with Crippen LogP contribution in [0.2, 0.25) is 0 Å². The number of hydrogen-bond donors (Lipinski definition) is 3. The number of aliphatic carboxylic acids is 1. The largest absolute Gasteiger partial charge is 0.477 e. The number of aliphatic hydroxyl groups is 1. The van der Waals surface area contributed by atoms with Crippen LogP contribution in [-0.2, 0) is 9.59 Å². The second-order valence-electron chi connectivity index (χ2n) is 4.55. The minimum Gasteiger partial charge on any atom is -0.477 e. The third-order valence-electron chi connectivity index (χ3n) is 3.05. The molecule has 20 heavy (non-hydrogen) atoms. The molecule has 0 spiro atoms. The highest BCUT2D eigenvalue weighted by atomic mass is 32.2. The number of carboxylic acid groups (broad SMARTS) is 1. The van der Waals surface area contributed by atoms with E-state index < -0.39 is 18.0 Å². The fourth-order valence-electron chi connectivity index (χ4n) is 2.05. The summed E-state index contributed by atoms with van der Waals surface area (Å²) in [4.78, 5) is 24.5. The van der Waals surface area contributed by atoms with Gasteiger partial charge in [0.15, 0.2) is 5.70 Å². The van der Waals surface area contributed by atoms with Crippen LogP contribution in [0.3, 0.4) is 0 Å². The highest BCUT2D eigenvalue weighted by Gasteiger charge is 2.57. The molecule has 2 aliphatic heterocycles. The normalized spacial score (nSPS) is 27.4. The van der Waals surface area contributed by atoms with Crippen molar-refractivity contribution >= 4 is 41.1 Å². The molecule has 1 fully saturated rings. The van der Waals surface area contributed by atoms with Crippen LogP contribution in [0.15, 0.2) is 15.1 Å². The zero-order chi connectivity index (χ0) is 15.0. The predicted octanol–water partition coefficient (Wildman–Crippen LogP) is 0.735. The van der Waals surface area contributed by atoms with Crippen molar-refractivity contribution in [2.24, 2.45) is 11.1 Å². The number of oxime groups is 1. The van der Waals surface area contributed by atoms with Crippen molar-refractivity contribution in [2.75, 3.05) is 5.75 Å². The summed E-state index contributed by atoms with van der Waals surface area (Å²) >= 11 is 2.47. The lowest BCUT2D eigenvalue weighted by Gasteiger charge is -2.43. The molecule has 0 aromatic carbocycles. The first-order chi connectivity index (χ1) is 9.38. The van der Waals surface area contributed by atoms with Crippen molar-refractivity contribution < 1.29 is 25.0 Å². The van der Waals surface area contributed by atoms with Gasteiger partial charge in [0.05, 0.1) is 22.0 Å². The number of hydrogen-bond acceptors (Lipinski definition) is 7. The number of nitrogens with zero attached hydrogens (tertiary/aromatic N) is 2. The van der Waals surface area contributed by atoms with E-state index in [1.54, 1.807) is 6.92 Å². The Morgan fingerprint density at radius 3 is 2.75 bits per heavy atom. The van der Waals surface area contributed by atoms with E-state index in [0.29, 0.717) is 15.7 Å². The third kappa shape index (κ3) is 2.40. The zero-order valence-electron chi connectivity index (χ0n) is 10.8. The van der Waals surface area contributed by atoms with Crippen LogP contribution in [0.25, 0.3) is 0 Å². The summed E-state index contributed by atoms with van der Waals surface area (Å²) in [6, 6.07) is 0. The molecule has 2 heterocycles. The van der Waals surface area contributed by atoms with Gasteiger partial charge >= 0.3 is 5.97 Å². The highest BCUT2D eigenvalue weighted by molar-refractivity contribution is 8.23. The van der Waals surface area contributed by atoms with Gasteiger partial charge in [-0.05, 0) is 13.8 Å². The van der Waals surface area contributed by atoms with Crippen LogP contribution in [-0.4, -0.2) is 55.1 Å². The van der Waals surface area contributed by atoms with Crippen molar-refractivity contribution in [1.29, 1.82) is 0 Å². The molecular weight excluding hydrogens is 304 g/mol. The maximum atomic E-state index is 11.9. The molecule has 0 saturated carbocycles. The number of carboxylic acids is 1. The standard InChI is InChI=1S/C11H14N2O5S2/c1-4(12-18)3-19-11-7(10(16)17)13-8(15)6(5(2)14)9(13)20-11/h5-6,9,14,18H,3H2,1-2H3,(H,16,17)/t5?,6-,9+/m0/s1. The van der Waals surface area contributed by atoms with Crippen LogP contribution in [0, 0.1) is 5.92 Å². The average molecular weight is 318 g/mol. The van der Waals surface area contributed by atoms with E-state index in [-0.39, 0.29) is 17.0 Å². The summed E-state index contributed by atoms with van der Waals surface area (Å²) in [7, 11) is 0. The van der Waals surface area contributed by atoms with Gasteiger partial charge in [0, 0.05) is 5.75 Å². The molecule has 3 atom stereocenters. The summed E-state index contributed by atoms with van der Waals surface area (Å²) in [5, 5.41) is 30.1. The van der Waals surface area contributed by atoms with E-state index in [4.69, 9.17) is 5.21 Å². The van der Waals surface area contributed by atoms with Crippen LogP contribution >= 0.6 is 23.5 Å². The molecule has 0 aromatic heterocycles. The Hall–Kier alpha value is -1.19. The molecule has 7 nitrogen and oxygen atoms in total. The Kier molecular flexibility index (Phi) is 4.31. The number of aliphatic hydroxyl groups excluding tert-OH is 1. The van der Waals surface area contributed by atoms with Gasteiger partial charge in [-0.3, -0.25) is 9.69 Å². The number of rotatable bonds is 5. The summed E-state index contributed by atoms with van der Waals surface area (Å²) in [5.41, 5.74) is 0.415. The SMILES string of the molecule is CC(CSC1=C(C(=O)O)N2C(=O)[C@H](C(C)O)[C@H]2S1)=NO. The number of β-lactam (4-membered cyclic amide) rings is 1. The topological polar surface area (TPSA) is 110 Å². The Bertz CT molecular complexity index is 517. The van der Waals surface area contributed by atoms with E-state index in [9.17, 15) is 19.8 Å². The number of amides is 1. The van der Waals surface area contributed by atoms with Crippen LogP contribution in [0.5, 0.6) is 0 Å². The summed E-state index contributed by atoms with van der Waals surface area (Å²) < 4.78 is 0.502. The highest BCUT2D eigenvalue weighted by Crippen LogP contribution is 2.53. The van der Waals surface area contributed by atoms with Crippen molar-refractivity contribution in [3.8, 4) is 0 Å². The second-order valence-corrected chi connectivity index (χ2v) is 6.92. The molecule has 2 rings (SSSR count). The molecule has 110 valence electrons. The first-order valence-corrected chi connectivity index (χ1v) is 7.70. The lowest BCUT2D eigenvalue weighted by molar-refractivity contribution is -0.156. The van der Waals surface area contributed by atoms with Crippen molar-refractivity contribution in [2.45, 2.75) is 25.3 Å². The molecular formula is C11H14N2O5S2. The van der Waals surface area contributed by atoms with Gasteiger partial charge in [0.2, 0.25) is 5.91 Å². The Morgan fingerprint density at radius 2 is 2.25 bits per heavy atom. The van der Waals surface area contributed by atoms with E-state index in [1.165, 1.54) is 35.3 Å². The van der Waals surface area contributed by atoms with Gasteiger partial charge in [0.25, 0.3) is 0 Å². The monoisotopic (exact) mass is 318 g/mol. The van der Waals surface area contributed by atoms with E-state index in [0.717, 1.165) is 0 Å². The molecule has 0 aliphatic carbocycles. The molecule has 1 amide bonds. The molecule has 9 heteroatoms. The fourth-order valence-corrected chi connectivity index (χ4v) is 4.84. The number of fused-ring (bicyclic) bond motifs is 1. The maximum Gasteiger partial charge on any atom is 0.354 e. The molecule has 1 saturated heterocycles. The summed E-state index contributed by atoms with van der Waals surface area (Å²) in [5.74, 6) is -1.76. The van der Waals surface area contributed by atoms with E-state index in [1.807, 2.05) is 0 Å². The Labute approximate surface area is 123 Å². The maximum absolute atomic E-state index is 11.9. The first-order valence-electron chi connectivity index (χ1n) is 5.84. The van der Waals surface area contributed by atoms with Gasteiger partial charge in [-0.1, -0.05) is 16.9 Å². The zero-order valence-corrected chi connectivity index (χ0v) is 12.4.